The maximum absolute atomic E-state index is 12.4. The summed E-state index contributed by atoms with van der Waals surface area (Å²) in [6.45, 7) is 3.65. The Balaban J connectivity index is 1.64. The zero-order chi connectivity index (χ0) is 18.6. The molecule has 3 aromatic rings. The quantitative estimate of drug-likeness (QED) is 0.622. The van der Waals surface area contributed by atoms with Crippen molar-refractivity contribution in [3.8, 4) is 22.4 Å². The second-order valence-corrected chi connectivity index (χ2v) is 7.26. The van der Waals surface area contributed by atoms with Crippen molar-refractivity contribution in [1.82, 2.24) is 15.5 Å². The van der Waals surface area contributed by atoms with E-state index in [1.165, 1.54) is 0 Å². The number of hydrogen-bond donors (Lipinski definition) is 3. The Morgan fingerprint density at radius 2 is 2.08 bits per heavy atom. The van der Waals surface area contributed by atoms with Gasteiger partial charge in [0.15, 0.2) is 0 Å². The third-order valence-corrected chi connectivity index (χ3v) is 4.47. The van der Waals surface area contributed by atoms with Crippen molar-refractivity contribution in [2.45, 2.75) is 26.0 Å². The molecule has 0 unspecified atom stereocenters. The summed E-state index contributed by atoms with van der Waals surface area (Å²) in [6, 6.07) is 11.0. The predicted octanol–water partition coefficient (Wildman–Crippen LogP) is 3.19. The van der Waals surface area contributed by atoms with E-state index in [2.05, 4.69) is 27.4 Å². The Hall–Kier alpha value is -2.88. The Morgan fingerprint density at radius 1 is 1.31 bits per heavy atom. The largest absolute Gasteiger partial charge is 0.378 e. The molecule has 5 nitrogen and oxygen atoms in total. The number of thiophene rings is 1. The second-order valence-electron chi connectivity index (χ2n) is 6.32. The Kier molecular flexibility index (Phi) is 5.21. The first-order chi connectivity index (χ1) is 12.4. The van der Waals surface area contributed by atoms with Crippen molar-refractivity contribution in [3.63, 3.8) is 0 Å². The molecular weight excluding hydrogens is 346 g/mol. The number of benzene rings is 1. The first kappa shape index (κ1) is 17.9. The van der Waals surface area contributed by atoms with E-state index in [4.69, 9.17) is 0 Å². The number of aliphatic hydroxyl groups is 1. The maximum Gasteiger partial charge on any atom is 0.251 e. The number of carbonyl (C=O) groups excluding carboxylic acids is 1. The number of nitrogens with one attached hydrogen (secondary N) is 2. The summed E-state index contributed by atoms with van der Waals surface area (Å²) in [5.41, 5.74) is 2.13. The monoisotopic (exact) mass is 365 g/mol. The van der Waals surface area contributed by atoms with Gasteiger partial charge in [0, 0.05) is 23.2 Å². The fraction of sp³-hybridized carbons (Fsp3) is 0.200. The van der Waals surface area contributed by atoms with E-state index >= 15 is 0 Å². The summed E-state index contributed by atoms with van der Waals surface area (Å²) in [6.07, 6.45) is 1.73. The summed E-state index contributed by atoms with van der Waals surface area (Å²) in [5, 5.41) is 21.6. The lowest BCUT2D eigenvalue weighted by Gasteiger charge is -2.07. The molecule has 0 aliphatic carbocycles. The van der Waals surface area contributed by atoms with Crippen LogP contribution in [-0.2, 0) is 6.54 Å². The van der Waals surface area contributed by atoms with E-state index in [-0.39, 0.29) is 5.91 Å². The minimum Gasteiger partial charge on any atom is -0.378 e. The minimum atomic E-state index is -1.04. The van der Waals surface area contributed by atoms with Gasteiger partial charge in [-0.3, -0.25) is 9.89 Å². The van der Waals surface area contributed by atoms with Crippen molar-refractivity contribution in [1.29, 1.82) is 0 Å². The van der Waals surface area contributed by atoms with Gasteiger partial charge >= 0.3 is 0 Å². The Morgan fingerprint density at radius 3 is 2.73 bits per heavy atom. The molecule has 1 aromatic carbocycles. The number of H-pyrrole nitrogens is 1. The molecule has 0 saturated heterocycles. The van der Waals surface area contributed by atoms with Crippen LogP contribution in [0.3, 0.4) is 0 Å². The minimum absolute atomic E-state index is 0.162. The van der Waals surface area contributed by atoms with Gasteiger partial charge in [-0.1, -0.05) is 17.9 Å². The fourth-order valence-corrected chi connectivity index (χ4v) is 3.04. The van der Waals surface area contributed by atoms with Crippen LogP contribution in [0.5, 0.6) is 0 Å². The molecule has 3 N–H and O–H groups in total. The van der Waals surface area contributed by atoms with Gasteiger partial charge in [0.25, 0.3) is 5.91 Å². The first-order valence-electron chi connectivity index (χ1n) is 8.12. The van der Waals surface area contributed by atoms with E-state index in [0.717, 1.165) is 21.7 Å². The molecule has 2 heterocycles. The van der Waals surface area contributed by atoms with Crippen LogP contribution in [0.2, 0.25) is 0 Å². The number of nitrogens with zero attached hydrogens (tertiary/aromatic N) is 1. The van der Waals surface area contributed by atoms with Crippen LogP contribution in [-0.4, -0.2) is 26.8 Å². The number of rotatable bonds is 4. The van der Waals surface area contributed by atoms with E-state index in [9.17, 15) is 9.90 Å². The van der Waals surface area contributed by atoms with Crippen LogP contribution in [0.1, 0.15) is 35.3 Å². The summed E-state index contributed by atoms with van der Waals surface area (Å²) < 4.78 is 0. The normalized spacial score (nSPS) is 10.9. The molecule has 0 aliphatic heterocycles. The molecule has 132 valence electrons. The van der Waals surface area contributed by atoms with Crippen molar-refractivity contribution >= 4 is 17.2 Å². The molecule has 0 spiro atoms. The van der Waals surface area contributed by atoms with Crippen molar-refractivity contribution in [2.75, 3.05) is 0 Å². The number of aromatic amines is 1. The van der Waals surface area contributed by atoms with E-state index in [1.54, 1.807) is 55.6 Å². The highest BCUT2D eigenvalue weighted by molar-refractivity contribution is 7.13. The zero-order valence-corrected chi connectivity index (χ0v) is 15.4. The molecule has 0 saturated carbocycles. The molecule has 0 atom stereocenters. The van der Waals surface area contributed by atoms with Gasteiger partial charge in [0.2, 0.25) is 0 Å². The topological polar surface area (TPSA) is 78.0 Å². The summed E-state index contributed by atoms with van der Waals surface area (Å²) in [4.78, 5) is 13.4. The number of hydrogen-bond acceptors (Lipinski definition) is 4. The highest BCUT2D eigenvalue weighted by Crippen LogP contribution is 2.25. The smallest absolute Gasteiger partial charge is 0.251 e. The van der Waals surface area contributed by atoms with Crippen LogP contribution in [0.4, 0.5) is 0 Å². The van der Waals surface area contributed by atoms with Crippen molar-refractivity contribution in [3.05, 3.63) is 64.7 Å². The second kappa shape index (κ2) is 7.56. The van der Waals surface area contributed by atoms with Crippen LogP contribution >= 0.6 is 11.3 Å². The molecule has 3 rings (SSSR count). The lowest BCUT2D eigenvalue weighted by molar-refractivity contribution is 0.0951. The number of amides is 1. The molecule has 0 radical (unpaired) electrons. The van der Waals surface area contributed by atoms with Crippen molar-refractivity contribution < 1.29 is 9.90 Å². The summed E-state index contributed by atoms with van der Waals surface area (Å²) >= 11 is 1.62. The maximum atomic E-state index is 12.4. The summed E-state index contributed by atoms with van der Waals surface area (Å²) in [7, 11) is 0. The molecule has 0 fully saturated rings. The van der Waals surface area contributed by atoms with Crippen LogP contribution in [0.25, 0.3) is 10.6 Å². The molecule has 0 bridgehead atoms. The van der Waals surface area contributed by atoms with Crippen LogP contribution in [0.15, 0.2) is 48.0 Å². The Bertz CT molecular complexity index is 940. The number of aromatic nitrogens is 2. The third kappa shape index (κ3) is 4.60. The van der Waals surface area contributed by atoms with Gasteiger partial charge in [0.05, 0.1) is 16.8 Å². The average Bonchev–Trinajstić information content (AvgIpc) is 3.28. The molecule has 1 amide bonds. The van der Waals surface area contributed by atoms with Gasteiger partial charge in [-0.15, -0.1) is 11.3 Å². The lowest BCUT2D eigenvalue weighted by Crippen LogP contribution is -2.22. The van der Waals surface area contributed by atoms with Gasteiger partial charge in [-0.25, -0.2) is 0 Å². The Labute approximate surface area is 156 Å². The zero-order valence-electron chi connectivity index (χ0n) is 14.5. The van der Waals surface area contributed by atoms with E-state index in [0.29, 0.717) is 12.1 Å². The highest BCUT2D eigenvalue weighted by atomic mass is 32.1. The van der Waals surface area contributed by atoms with Gasteiger partial charge in [0.1, 0.15) is 5.60 Å². The lowest BCUT2D eigenvalue weighted by atomic mass is 10.1. The van der Waals surface area contributed by atoms with Crippen molar-refractivity contribution in [2.24, 2.45) is 0 Å². The first-order valence-corrected chi connectivity index (χ1v) is 9.00. The third-order valence-electron chi connectivity index (χ3n) is 3.58. The standard InChI is InChI=1S/C20H19N3O2S/c1-20(2,25)10-9-14-5-7-15(8-6-14)19(24)21-12-16-13-22-23-18(16)17-4-3-11-26-17/h3-8,11,13,25H,12H2,1-2H3,(H,21,24)(H,22,23). The molecular formula is C20H19N3O2S. The van der Waals surface area contributed by atoms with Crippen LogP contribution in [0, 0.1) is 11.8 Å². The van der Waals surface area contributed by atoms with Gasteiger partial charge in [-0.05, 0) is 49.6 Å². The SMILES string of the molecule is CC(C)(O)C#Cc1ccc(C(=O)NCc2cn[nH]c2-c2cccs2)cc1. The van der Waals surface area contributed by atoms with E-state index in [1.807, 2.05) is 17.5 Å². The van der Waals surface area contributed by atoms with Crippen LogP contribution < -0.4 is 5.32 Å². The fourth-order valence-electron chi connectivity index (χ4n) is 2.29. The van der Waals surface area contributed by atoms with E-state index < -0.39 is 5.60 Å². The van der Waals surface area contributed by atoms with Gasteiger partial charge < -0.3 is 10.4 Å². The molecule has 2 aromatic heterocycles. The molecule has 6 heteroatoms. The predicted molar refractivity (Wildman–Crippen MR) is 103 cm³/mol. The molecule has 26 heavy (non-hydrogen) atoms. The highest BCUT2D eigenvalue weighted by Gasteiger charge is 2.11. The average molecular weight is 365 g/mol. The number of carbonyl (C=O) groups is 1. The molecule has 0 aliphatic rings. The summed E-state index contributed by atoms with van der Waals surface area (Å²) in [5.74, 6) is 5.47. The van der Waals surface area contributed by atoms with Gasteiger partial charge in [-0.2, -0.15) is 5.10 Å².